The molecule has 1 saturated heterocycles. The third-order valence-electron chi connectivity index (χ3n) is 4.94. The first-order valence-corrected chi connectivity index (χ1v) is 12.7. The van der Waals surface area contributed by atoms with Gasteiger partial charge in [0.1, 0.15) is 11.6 Å². The minimum Gasteiger partial charge on any atom is -0.483 e. The lowest BCUT2D eigenvalue weighted by molar-refractivity contribution is -0.118. The van der Waals surface area contributed by atoms with Gasteiger partial charge >= 0.3 is 0 Å². The number of carbonyl (C=O) groups excluding carboxylic acids is 2. The highest BCUT2D eigenvalue weighted by Crippen LogP contribution is 2.36. The van der Waals surface area contributed by atoms with Crippen LogP contribution in [0.3, 0.4) is 0 Å². The molecule has 0 spiro atoms. The summed E-state index contributed by atoms with van der Waals surface area (Å²) in [7, 11) is -3.89. The van der Waals surface area contributed by atoms with Crippen LogP contribution in [0, 0.1) is 11.2 Å². The molecule has 0 aliphatic carbocycles. The quantitative estimate of drug-likeness (QED) is 0.402. The Balaban J connectivity index is 1.48. The second-order valence-corrected chi connectivity index (χ2v) is 10.1. The zero-order chi connectivity index (χ0) is 25.9. The number of anilines is 2. The van der Waals surface area contributed by atoms with Gasteiger partial charge in [-0.1, -0.05) is 18.2 Å². The second kappa shape index (κ2) is 10.3. The van der Waals surface area contributed by atoms with Crippen molar-refractivity contribution in [3.63, 3.8) is 0 Å². The summed E-state index contributed by atoms with van der Waals surface area (Å²) < 4.78 is 41.6. The number of sulfonamides is 1. The molecule has 4 N–H and O–H groups in total. The van der Waals surface area contributed by atoms with Crippen LogP contribution in [0.5, 0.6) is 5.75 Å². The van der Waals surface area contributed by atoms with Gasteiger partial charge < -0.3 is 10.1 Å². The van der Waals surface area contributed by atoms with Gasteiger partial charge in [-0.05, 0) is 72.4 Å². The SMILES string of the molecule is N=C1S/C(=C\c2ccccc2OCC(=O)Nc2ccc(F)cc2)C(=O)N1c1ccc(S(N)(=O)=O)cc1. The summed E-state index contributed by atoms with van der Waals surface area (Å²) in [6, 6.07) is 17.4. The number of hydrogen-bond donors (Lipinski definition) is 3. The van der Waals surface area contributed by atoms with Crippen molar-refractivity contribution >= 4 is 56.2 Å². The Hall–Kier alpha value is -4.00. The van der Waals surface area contributed by atoms with Gasteiger partial charge in [0.2, 0.25) is 10.0 Å². The van der Waals surface area contributed by atoms with E-state index in [-0.39, 0.29) is 21.6 Å². The highest BCUT2D eigenvalue weighted by atomic mass is 32.2. The highest BCUT2D eigenvalue weighted by molar-refractivity contribution is 8.19. The number of primary sulfonamides is 1. The van der Waals surface area contributed by atoms with E-state index < -0.39 is 27.7 Å². The Morgan fingerprint density at radius 1 is 1.08 bits per heavy atom. The van der Waals surface area contributed by atoms with Gasteiger partial charge in [0.15, 0.2) is 11.8 Å². The van der Waals surface area contributed by atoms with Crippen LogP contribution in [0.2, 0.25) is 0 Å². The van der Waals surface area contributed by atoms with E-state index in [1.165, 1.54) is 48.5 Å². The third kappa shape index (κ3) is 5.79. The van der Waals surface area contributed by atoms with E-state index in [1.54, 1.807) is 30.3 Å². The van der Waals surface area contributed by atoms with Gasteiger partial charge in [0.05, 0.1) is 15.5 Å². The van der Waals surface area contributed by atoms with Crippen LogP contribution < -0.4 is 20.1 Å². The van der Waals surface area contributed by atoms with E-state index in [4.69, 9.17) is 15.3 Å². The Bertz CT molecular complexity index is 1470. The van der Waals surface area contributed by atoms with Crippen molar-refractivity contribution < 1.29 is 27.1 Å². The summed E-state index contributed by atoms with van der Waals surface area (Å²) in [5.41, 5.74) is 1.25. The van der Waals surface area contributed by atoms with Crippen molar-refractivity contribution in [2.24, 2.45) is 5.14 Å². The first-order chi connectivity index (χ1) is 17.1. The number of thioether (sulfide) groups is 1. The molecule has 1 heterocycles. The predicted molar refractivity (Wildman–Crippen MR) is 136 cm³/mol. The van der Waals surface area contributed by atoms with Gasteiger partial charge in [-0.2, -0.15) is 0 Å². The van der Waals surface area contributed by atoms with Gasteiger partial charge in [-0.25, -0.2) is 17.9 Å². The molecule has 3 aromatic rings. The minimum atomic E-state index is -3.89. The second-order valence-electron chi connectivity index (χ2n) is 7.48. The standard InChI is InChI=1S/C24H19FN4O5S2/c25-16-5-7-17(8-6-16)28-22(30)14-34-20-4-2-1-3-15(20)13-21-23(31)29(24(26)35-21)18-9-11-19(12-10-18)36(27,32)33/h1-13,26H,14H2,(H,28,30)(H2,27,32,33)/b21-13-,26-24?. The number of halogens is 1. The molecule has 0 aromatic heterocycles. The summed E-state index contributed by atoms with van der Waals surface area (Å²) in [6.07, 6.45) is 1.55. The molecule has 1 aliphatic heterocycles. The molecule has 3 aromatic carbocycles. The van der Waals surface area contributed by atoms with E-state index in [2.05, 4.69) is 5.32 Å². The molecule has 1 fully saturated rings. The Kier molecular flexibility index (Phi) is 7.20. The van der Waals surface area contributed by atoms with Crippen molar-refractivity contribution in [2.45, 2.75) is 4.90 Å². The van der Waals surface area contributed by atoms with Gasteiger partial charge in [0.25, 0.3) is 11.8 Å². The monoisotopic (exact) mass is 526 g/mol. The Morgan fingerprint density at radius 3 is 2.42 bits per heavy atom. The number of carbonyl (C=O) groups is 2. The number of nitrogens with one attached hydrogen (secondary N) is 2. The summed E-state index contributed by atoms with van der Waals surface area (Å²) >= 11 is 0.930. The molecule has 12 heteroatoms. The van der Waals surface area contributed by atoms with E-state index >= 15 is 0 Å². The fourth-order valence-corrected chi connectivity index (χ4v) is 4.62. The minimum absolute atomic E-state index is 0.0633. The average Bonchev–Trinajstić information content (AvgIpc) is 3.12. The summed E-state index contributed by atoms with van der Waals surface area (Å²) in [5.74, 6) is -1.00. The topological polar surface area (TPSA) is 143 Å². The van der Waals surface area contributed by atoms with Crippen LogP contribution in [0.1, 0.15) is 5.56 Å². The smallest absolute Gasteiger partial charge is 0.271 e. The molecule has 184 valence electrons. The highest BCUT2D eigenvalue weighted by Gasteiger charge is 2.34. The van der Waals surface area contributed by atoms with Crippen LogP contribution in [0.4, 0.5) is 15.8 Å². The largest absolute Gasteiger partial charge is 0.483 e. The molecule has 0 bridgehead atoms. The number of para-hydroxylation sites is 1. The van der Waals surface area contributed by atoms with Crippen molar-refractivity contribution in [3.8, 4) is 5.75 Å². The van der Waals surface area contributed by atoms with Crippen LogP contribution in [0.25, 0.3) is 6.08 Å². The number of hydrogen-bond acceptors (Lipinski definition) is 7. The fourth-order valence-electron chi connectivity index (χ4n) is 3.25. The maximum absolute atomic E-state index is 13.0. The lowest BCUT2D eigenvalue weighted by atomic mass is 10.2. The fraction of sp³-hybridized carbons (Fsp3) is 0.0417. The lowest BCUT2D eigenvalue weighted by Gasteiger charge is -2.14. The molecule has 0 radical (unpaired) electrons. The lowest BCUT2D eigenvalue weighted by Crippen LogP contribution is -2.28. The van der Waals surface area contributed by atoms with Crippen molar-refractivity contribution in [1.29, 1.82) is 5.41 Å². The van der Waals surface area contributed by atoms with E-state index in [0.717, 1.165) is 16.7 Å². The summed E-state index contributed by atoms with van der Waals surface area (Å²) in [4.78, 5) is 26.5. The number of benzene rings is 3. The van der Waals surface area contributed by atoms with Crippen LogP contribution in [-0.4, -0.2) is 32.0 Å². The Morgan fingerprint density at radius 2 is 1.75 bits per heavy atom. The van der Waals surface area contributed by atoms with E-state index in [0.29, 0.717) is 22.7 Å². The van der Waals surface area contributed by atoms with Gasteiger partial charge in [0, 0.05) is 11.3 Å². The molecule has 36 heavy (non-hydrogen) atoms. The van der Waals surface area contributed by atoms with Crippen LogP contribution in [0.15, 0.2) is 82.6 Å². The maximum atomic E-state index is 13.0. The zero-order valence-electron chi connectivity index (χ0n) is 18.5. The number of nitrogens with zero attached hydrogens (tertiary/aromatic N) is 1. The van der Waals surface area contributed by atoms with Gasteiger partial charge in [-0.15, -0.1) is 0 Å². The normalized spacial score (nSPS) is 14.8. The number of nitrogens with two attached hydrogens (primary N) is 1. The van der Waals surface area contributed by atoms with Crippen LogP contribution in [-0.2, 0) is 19.6 Å². The molecule has 1 aliphatic rings. The van der Waals surface area contributed by atoms with Crippen molar-refractivity contribution in [1.82, 2.24) is 0 Å². The molecular weight excluding hydrogens is 507 g/mol. The van der Waals surface area contributed by atoms with Crippen LogP contribution >= 0.6 is 11.8 Å². The summed E-state index contributed by atoms with van der Waals surface area (Å²) in [5, 5.41) is 15.9. The van der Waals surface area contributed by atoms with E-state index in [1.807, 2.05) is 0 Å². The number of amides is 2. The van der Waals surface area contributed by atoms with E-state index in [9.17, 15) is 22.4 Å². The number of amidine groups is 1. The number of rotatable bonds is 7. The molecule has 9 nitrogen and oxygen atoms in total. The summed E-state index contributed by atoms with van der Waals surface area (Å²) in [6.45, 7) is -0.322. The maximum Gasteiger partial charge on any atom is 0.271 e. The molecule has 2 amide bonds. The predicted octanol–water partition coefficient (Wildman–Crippen LogP) is 3.55. The third-order valence-corrected chi connectivity index (χ3v) is 6.76. The molecular formula is C24H19FN4O5S2. The molecule has 4 rings (SSSR count). The molecule has 0 atom stereocenters. The Labute approximate surface area is 210 Å². The first kappa shape index (κ1) is 25.1. The average molecular weight is 527 g/mol. The molecule has 0 unspecified atom stereocenters. The van der Waals surface area contributed by atoms with Crippen molar-refractivity contribution in [2.75, 3.05) is 16.8 Å². The number of ether oxygens (including phenoxy) is 1. The van der Waals surface area contributed by atoms with Crippen molar-refractivity contribution in [3.05, 3.63) is 89.1 Å². The first-order valence-electron chi connectivity index (χ1n) is 10.3. The van der Waals surface area contributed by atoms with Gasteiger partial charge in [-0.3, -0.25) is 19.9 Å². The zero-order valence-corrected chi connectivity index (χ0v) is 20.1. The molecule has 0 saturated carbocycles.